The first-order chi connectivity index (χ1) is 12.8. The molecule has 0 unspecified atom stereocenters. The molecule has 0 N–H and O–H groups in total. The van der Waals surface area contributed by atoms with Gasteiger partial charge in [0.05, 0.1) is 12.8 Å². The number of pyridine rings is 2. The van der Waals surface area contributed by atoms with Gasteiger partial charge < -0.3 is 14.5 Å². The predicted octanol–water partition coefficient (Wildman–Crippen LogP) is 4.29. The van der Waals surface area contributed by atoms with Crippen LogP contribution >= 0.6 is 24.8 Å². The van der Waals surface area contributed by atoms with Gasteiger partial charge in [0.1, 0.15) is 11.6 Å². The lowest BCUT2D eigenvalue weighted by Gasteiger charge is -2.35. The quantitative estimate of drug-likeness (QED) is 0.629. The molecule has 3 aromatic rings. The first kappa shape index (κ1) is 22.2. The van der Waals surface area contributed by atoms with E-state index in [0.29, 0.717) is 0 Å². The molecule has 7 heteroatoms. The van der Waals surface area contributed by atoms with Crippen LogP contribution in [-0.4, -0.2) is 54.7 Å². The summed E-state index contributed by atoms with van der Waals surface area (Å²) in [5.74, 6) is 1.92. The van der Waals surface area contributed by atoms with E-state index in [9.17, 15) is 0 Å². The summed E-state index contributed by atoms with van der Waals surface area (Å²) in [6, 6.07) is 12.3. The summed E-state index contributed by atoms with van der Waals surface area (Å²) in [4.78, 5) is 14.2. The van der Waals surface area contributed by atoms with Gasteiger partial charge in [-0.2, -0.15) is 0 Å². The van der Waals surface area contributed by atoms with E-state index < -0.39 is 0 Å². The topological polar surface area (TPSA) is 41.5 Å². The smallest absolute Gasteiger partial charge is 0.137 e. The van der Waals surface area contributed by atoms with Crippen LogP contribution in [0.2, 0.25) is 0 Å². The fraction of sp³-hybridized carbons (Fsp3) is 0.333. The number of piperazine rings is 1. The number of ether oxygens (including phenoxy) is 1. The molecule has 5 nitrogen and oxygen atoms in total. The Morgan fingerprint density at radius 2 is 1.71 bits per heavy atom. The predicted molar refractivity (Wildman–Crippen MR) is 120 cm³/mol. The molecule has 1 aromatic carbocycles. The number of hydrogen-bond acceptors (Lipinski definition) is 5. The number of aromatic nitrogens is 2. The van der Waals surface area contributed by atoms with Crippen LogP contribution in [0.5, 0.6) is 5.75 Å². The normalized spacial score (nSPS) is 14.3. The lowest BCUT2D eigenvalue weighted by molar-refractivity contribution is 0.271. The number of anilines is 1. The number of benzene rings is 1. The summed E-state index contributed by atoms with van der Waals surface area (Å²) < 4.78 is 5.27. The number of hydrogen-bond donors (Lipinski definition) is 0. The molecule has 0 bridgehead atoms. The highest BCUT2D eigenvalue weighted by atomic mass is 35.5. The monoisotopic (exact) mass is 420 g/mol. The lowest BCUT2D eigenvalue weighted by Crippen LogP contribution is -2.46. The van der Waals surface area contributed by atoms with E-state index in [1.54, 1.807) is 7.11 Å². The van der Waals surface area contributed by atoms with Gasteiger partial charge in [-0.05, 0) is 42.9 Å². The summed E-state index contributed by atoms with van der Waals surface area (Å²) in [6.07, 6.45) is 3.78. The van der Waals surface area contributed by atoms with Crippen LogP contribution in [-0.2, 0) is 0 Å². The van der Waals surface area contributed by atoms with Crippen molar-refractivity contribution in [2.75, 3.05) is 44.7 Å². The van der Waals surface area contributed by atoms with Crippen LogP contribution in [0, 0.1) is 0 Å². The number of likely N-dealkylation sites (N-methyl/N-ethyl adjacent to an activating group) is 1. The van der Waals surface area contributed by atoms with Crippen molar-refractivity contribution < 1.29 is 4.74 Å². The number of methoxy groups -OCH3 is 1. The fourth-order valence-corrected chi connectivity index (χ4v) is 3.51. The lowest BCUT2D eigenvalue weighted by atomic mass is 10.1. The van der Waals surface area contributed by atoms with Crippen LogP contribution in [0.1, 0.15) is 6.92 Å². The van der Waals surface area contributed by atoms with Gasteiger partial charge in [-0.3, -0.25) is 4.98 Å². The maximum Gasteiger partial charge on any atom is 0.137 e. The molecule has 0 radical (unpaired) electrons. The molecule has 0 aliphatic carbocycles. The van der Waals surface area contributed by atoms with Crippen LogP contribution < -0.4 is 9.64 Å². The summed E-state index contributed by atoms with van der Waals surface area (Å²) in [5, 5.41) is 2.29. The minimum Gasteiger partial charge on any atom is -0.497 e. The van der Waals surface area contributed by atoms with Crippen molar-refractivity contribution >= 4 is 41.4 Å². The molecular formula is C21H26Cl2N4O. The Labute approximate surface area is 178 Å². The Bertz CT molecular complexity index is 897. The molecule has 1 fully saturated rings. The first-order valence-corrected chi connectivity index (χ1v) is 9.15. The van der Waals surface area contributed by atoms with Crippen molar-refractivity contribution in [3.05, 3.63) is 48.8 Å². The maximum absolute atomic E-state index is 5.27. The molecule has 1 aliphatic rings. The van der Waals surface area contributed by atoms with Crippen molar-refractivity contribution in [1.29, 1.82) is 0 Å². The molecule has 4 rings (SSSR count). The van der Waals surface area contributed by atoms with Crippen LogP contribution in [0.25, 0.3) is 22.0 Å². The van der Waals surface area contributed by atoms with Gasteiger partial charge in [-0.25, -0.2) is 4.98 Å². The SMILES string of the molecule is CCN1CCN(c2nc(-c3ccc(OC)cc3)cc3cnccc23)CC1.Cl.Cl. The molecule has 0 saturated carbocycles. The van der Waals surface area contributed by atoms with E-state index >= 15 is 0 Å². The minimum atomic E-state index is 0. The average Bonchev–Trinajstić information content (AvgIpc) is 2.73. The van der Waals surface area contributed by atoms with Crippen molar-refractivity contribution in [1.82, 2.24) is 14.9 Å². The van der Waals surface area contributed by atoms with Crippen LogP contribution in [0.3, 0.4) is 0 Å². The molecule has 0 spiro atoms. The van der Waals surface area contributed by atoms with E-state index in [0.717, 1.165) is 60.9 Å². The Hall–Kier alpha value is -2.08. The third-order valence-corrected chi connectivity index (χ3v) is 5.12. The zero-order valence-electron chi connectivity index (χ0n) is 16.2. The highest BCUT2D eigenvalue weighted by molar-refractivity contribution is 5.94. The zero-order valence-corrected chi connectivity index (χ0v) is 17.8. The summed E-state index contributed by atoms with van der Waals surface area (Å²) in [5.41, 5.74) is 2.06. The Kier molecular flexibility index (Phi) is 7.87. The highest BCUT2D eigenvalue weighted by Crippen LogP contribution is 2.30. The Balaban J connectivity index is 0.00000140. The zero-order chi connectivity index (χ0) is 17.9. The number of nitrogens with zero attached hydrogens (tertiary/aromatic N) is 4. The second kappa shape index (κ2) is 9.92. The minimum absolute atomic E-state index is 0. The van der Waals surface area contributed by atoms with E-state index in [1.165, 1.54) is 5.39 Å². The molecular weight excluding hydrogens is 395 g/mol. The van der Waals surface area contributed by atoms with Gasteiger partial charge in [0.2, 0.25) is 0 Å². The fourth-order valence-electron chi connectivity index (χ4n) is 3.51. The molecule has 3 heterocycles. The average molecular weight is 421 g/mol. The highest BCUT2D eigenvalue weighted by Gasteiger charge is 2.19. The van der Waals surface area contributed by atoms with Crippen LogP contribution in [0.4, 0.5) is 5.82 Å². The summed E-state index contributed by atoms with van der Waals surface area (Å²) >= 11 is 0. The molecule has 2 aromatic heterocycles. The second-order valence-electron chi connectivity index (χ2n) is 6.58. The number of rotatable bonds is 4. The molecule has 0 amide bonds. The van der Waals surface area contributed by atoms with E-state index in [4.69, 9.17) is 9.72 Å². The molecule has 0 atom stereocenters. The van der Waals surface area contributed by atoms with Crippen molar-refractivity contribution in [2.45, 2.75) is 6.92 Å². The van der Waals surface area contributed by atoms with Gasteiger partial charge in [0.15, 0.2) is 0 Å². The van der Waals surface area contributed by atoms with Crippen molar-refractivity contribution in [3.63, 3.8) is 0 Å². The van der Waals surface area contributed by atoms with Gasteiger partial charge >= 0.3 is 0 Å². The molecule has 1 saturated heterocycles. The summed E-state index contributed by atoms with van der Waals surface area (Å²) in [7, 11) is 1.68. The van der Waals surface area contributed by atoms with Crippen LogP contribution in [0.15, 0.2) is 48.8 Å². The molecule has 28 heavy (non-hydrogen) atoms. The number of halogens is 2. The maximum atomic E-state index is 5.27. The number of fused-ring (bicyclic) bond motifs is 1. The van der Waals surface area contributed by atoms with Crippen molar-refractivity contribution in [3.8, 4) is 17.0 Å². The third-order valence-electron chi connectivity index (χ3n) is 5.12. The molecule has 150 valence electrons. The third kappa shape index (κ3) is 4.49. The van der Waals surface area contributed by atoms with E-state index in [2.05, 4.69) is 46.0 Å². The van der Waals surface area contributed by atoms with Crippen molar-refractivity contribution in [2.24, 2.45) is 0 Å². The summed E-state index contributed by atoms with van der Waals surface area (Å²) in [6.45, 7) is 7.50. The Morgan fingerprint density at radius 3 is 2.36 bits per heavy atom. The van der Waals surface area contributed by atoms with Gasteiger partial charge in [0.25, 0.3) is 0 Å². The first-order valence-electron chi connectivity index (χ1n) is 9.15. The van der Waals surface area contributed by atoms with E-state index in [1.807, 2.05) is 24.5 Å². The van der Waals surface area contributed by atoms with Gasteiger partial charge in [0, 0.05) is 54.9 Å². The van der Waals surface area contributed by atoms with Gasteiger partial charge in [-0.1, -0.05) is 6.92 Å². The van der Waals surface area contributed by atoms with E-state index in [-0.39, 0.29) is 24.8 Å². The van der Waals surface area contributed by atoms with Gasteiger partial charge in [-0.15, -0.1) is 24.8 Å². The Morgan fingerprint density at radius 1 is 1.00 bits per heavy atom. The second-order valence-corrected chi connectivity index (χ2v) is 6.58. The molecule has 1 aliphatic heterocycles. The largest absolute Gasteiger partial charge is 0.497 e. The standard InChI is InChI=1S/C21H24N4O.2ClH/c1-3-24-10-12-25(13-11-24)21-19-8-9-22-15-17(19)14-20(23-21)16-4-6-18(26-2)7-5-16;;/h4-9,14-15H,3,10-13H2,1-2H3;2*1H.